The Kier molecular flexibility index (Phi) is 4.52. The second kappa shape index (κ2) is 7.59. The van der Waals surface area contributed by atoms with Crippen LogP contribution < -0.4 is 0 Å². The van der Waals surface area contributed by atoms with E-state index in [0.717, 1.165) is 33.6 Å². The molecule has 3 aromatic carbocycles. The molecule has 4 nitrogen and oxygen atoms in total. The molecule has 0 fully saturated rings. The molecule has 166 valence electrons. The molecule has 0 radical (unpaired) electrons. The number of fused-ring (bicyclic) bond motifs is 3. The summed E-state index contributed by atoms with van der Waals surface area (Å²) in [6.45, 7) is 0. The van der Waals surface area contributed by atoms with Crippen LogP contribution in [0.4, 0.5) is 13.2 Å². The molecule has 3 heterocycles. The maximum Gasteiger partial charge on any atom is 0.417 e. The highest BCUT2D eigenvalue weighted by Crippen LogP contribution is 2.41. The fraction of sp³-hybridized carbons (Fsp3) is 0.0370. The van der Waals surface area contributed by atoms with Crippen LogP contribution >= 0.6 is 0 Å². The van der Waals surface area contributed by atoms with Crippen molar-refractivity contribution in [1.82, 2.24) is 19.9 Å². The first-order chi connectivity index (χ1) is 16.5. The van der Waals surface area contributed by atoms with Crippen molar-refractivity contribution in [2.75, 3.05) is 0 Å². The minimum atomic E-state index is -4.52. The van der Waals surface area contributed by atoms with Crippen LogP contribution in [0.15, 0.2) is 91.1 Å². The molecule has 0 aliphatic carbocycles. The summed E-state index contributed by atoms with van der Waals surface area (Å²) in [5.41, 5.74) is 3.11. The molecule has 6 aromatic rings. The first kappa shape index (κ1) is 20.2. The Labute approximate surface area is 192 Å². The first-order valence-corrected chi connectivity index (χ1v) is 10.7. The molecule has 0 spiro atoms. The summed E-state index contributed by atoms with van der Waals surface area (Å²) < 4.78 is 41.7. The van der Waals surface area contributed by atoms with Crippen LogP contribution in [0.1, 0.15) is 5.56 Å². The van der Waals surface area contributed by atoms with Crippen LogP contribution in [0, 0.1) is 0 Å². The molecule has 6 rings (SSSR count). The standard InChI is InChI=1S/C27H17F3N4/c28-27(29,30)20-12-6-4-11-18(20)24-25-19(17-10-5-7-13-21(17)32-25)14-22(33-24)26-31-15-23(34-26)16-8-2-1-3-9-16/h1-15,32H,(H,31,34). The number of para-hydroxylation sites is 1. The van der Waals surface area contributed by atoms with Crippen molar-refractivity contribution >= 4 is 21.8 Å². The predicted octanol–water partition coefficient (Wildman–Crippen LogP) is 7.46. The number of aromatic amines is 2. The van der Waals surface area contributed by atoms with Gasteiger partial charge in [0.15, 0.2) is 5.82 Å². The van der Waals surface area contributed by atoms with Crippen molar-refractivity contribution in [3.8, 4) is 34.0 Å². The number of H-pyrrole nitrogens is 2. The Morgan fingerprint density at radius 1 is 0.735 bits per heavy atom. The van der Waals surface area contributed by atoms with Crippen molar-refractivity contribution in [3.05, 3.63) is 96.7 Å². The lowest BCUT2D eigenvalue weighted by Crippen LogP contribution is -2.07. The molecule has 0 aliphatic heterocycles. The Bertz CT molecular complexity index is 1650. The SMILES string of the molecule is FC(F)(F)c1ccccc1-c1nc(-c2ncc(-c3ccccc3)[nH]2)cc2c1[nH]c1ccccc12. The molecule has 0 saturated carbocycles. The lowest BCUT2D eigenvalue weighted by Gasteiger charge is -2.13. The van der Waals surface area contributed by atoms with Gasteiger partial charge in [-0.3, -0.25) is 0 Å². The summed E-state index contributed by atoms with van der Waals surface area (Å²) in [5.74, 6) is 0.483. The molecule has 7 heteroatoms. The van der Waals surface area contributed by atoms with Gasteiger partial charge in [-0.2, -0.15) is 13.2 Å². The third kappa shape index (κ3) is 3.33. The zero-order valence-corrected chi connectivity index (χ0v) is 17.7. The minimum Gasteiger partial charge on any atom is -0.353 e. The van der Waals surface area contributed by atoms with E-state index in [4.69, 9.17) is 4.98 Å². The van der Waals surface area contributed by atoms with E-state index in [1.165, 1.54) is 12.1 Å². The number of rotatable bonds is 3. The van der Waals surface area contributed by atoms with Crippen molar-refractivity contribution in [2.24, 2.45) is 0 Å². The van der Waals surface area contributed by atoms with Gasteiger partial charge in [-0.05, 0) is 23.8 Å². The molecular weight excluding hydrogens is 437 g/mol. The number of halogens is 3. The van der Waals surface area contributed by atoms with E-state index in [2.05, 4.69) is 15.0 Å². The number of pyridine rings is 1. The highest BCUT2D eigenvalue weighted by atomic mass is 19.4. The zero-order chi connectivity index (χ0) is 23.3. The maximum atomic E-state index is 13.9. The second-order valence-corrected chi connectivity index (χ2v) is 8.00. The number of nitrogens with one attached hydrogen (secondary N) is 2. The van der Waals surface area contributed by atoms with Gasteiger partial charge in [0.05, 0.1) is 28.7 Å². The Balaban J connectivity index is 1.63. The molecule has 0 amide bonds. The number of hydrogen-bond donors (Lipinski definition) is 2. The van der Waals surface area contributed by atoms with Gasteiger partial charge < -0.3 is 9.97 Å². The van der Waals surface area contributed by atoms with Gasteiger partial charge in [0.25, 0.3) is 0 Å². The summed E-state index contributed by atoms with van der Waals surface area (Å²) in [7, 11) is 0. The van der Waals surface area contributed by atoms with Crippen LogP contribution in [0.2, 0.25) is 0 Å². The number of nitrogens with zero attached hydrogens (tertiary/aromatic N) is 2. The lowest BCUT2D eigenvalue weighted by atomic mass is 10.0. The van der Waals surface area contributed by atoms with Gasteiger partial charge in [-0.15, -0.1) is 0 Å². The molecule has 0 atom stereocenters. The van der Waals surface area contributed by atoms with Crippen LogP contribution in [-0.2, 0) is 6.18 Å². The normalized spacial score (nSPS) is 12.0. The Morgan fingerprint density at radius 3 is 2.29 bits per heavy atom. The van der Waals surface area contributed by atoms with Crippen molar-refractivity contribution in [2.45, 2.75) is 6.18 Å². The average Bonchev–Trinajstić information content (AvgIpc) is 3.49. The number of alkyl halides is 3. The highest BCUT2D eigenvalue weighted by Gasteiger charge is 2.34. The minimum absolute atomic E-state index is 0.0169. The topological polar surface area (TPSA) is 57.4 Å². The first-order valence-electron chi connectivity index (χ1n) is 10.7. The smallest absolute Gasteiger partial charge is 0.353 e. The van der Waals surface area contributed by atoms with Gasteiger partial charge in [0.1, 0.15) is 5.69 Å². The van der Waals surface area contributed by atoms with E-state index >= 15 is 0 Å². The fourth-order valence-electron chi connectivity index (χ4n) is 4.31. The molecule has 34 heavy (non-hydrogen) atoms. The average molecular weight is 454 g/mol. The number of aromatic nitrogens is 4. The monoisotopic (exact) mass is 454 g/mol. The summed E-state index contributed by atoms with van der Waals surface area (Å²) in [6, 6.07) is 24.7. The van der Waals surface area contributed by atoms with Crippen LogP contribution in [0.3, 0.4) is 0 Å². The van der Waals surface area contributed by atoms with Gasteiger partial charge >= 0.3 is 6.18 Å². The number of imidazole rings is 1. The van der Waals surface area contributed by atoms with E-state index in [9.17, 15) is 13.2 Å². The van der Waals surface area contributed by atoms with Crippen molar-refractivity contribution in [1.29, 1.82) is 0 Å². The van der Waals surface area contributed by atoms with Gasteiger partial charge in [0.2, 0.25) is 0 Å². The van der Waals surface area contributed by atoms with E-state index in [1.807, 2.05) is 60.7 Å². The summed E-state index contributed by atoms with van der Waals surface area (Å²) in [6.07, 6.45) is -2.81. The molecule has 3 aromatic heterocycles. The Hall–Kier alpha value is -4.39. The van der Waals surface area contributed by atoms with Gasteiger partial charge in [-0.25, -0.2) is 9.97 Å². The summed E-state index contributed by atoms with van der Waals surface area (Å²) in [4.78, 5) is 15.7. The largest absolute Gasteiger partial charge is 0.417 e. The number of benzene rings is 3. The fourth-order valence-corrected chi connectivity index (χ4v) is 4.31. The maximum absolute atomic E-state index is 13.9. The Morgan fingerprint density at radius 2 is 1.47 bits per heavy atom. The van der Waals surface area contributed by atoms with Gasteiger partial charge in [-0.1, -0.05) is 66.7 Å². The van der Waals surface area contributed by atoms with E-state index < -0.39 is 11.7 Å². The molecule has 0 unspecified atom stereocenters. The number of hydrogen-bond acceptors (Lipinski definition) is 2. The van der Waals surface area contributed by atoms with Gasteiger partial charge in [0, 0.05) is 21.9 Å². The molecule has 0 bridgehead atoms. The van der Waals surface area contributed by atoms with Crippen LogP contribution in [0.5, 0.6) is 0 Å². The third-order valence-electron chi connectivity index (χ3n) is 5.89. The van der Waals surface area contributed by atoms with E-state index in [0.29, 0.717) is 17.0 Å². The summed E-state index contributed by atoms with van der Waals surface area (Å²) >= 11 is 0. The quantitative estimate of drug-likeness (QED) is 0.292. The molecule has 2 N–H and O–H groups in total. The highest BCUT2D eigenvalue weighted by molar-refractivity contribution is 6.12. The van der Waals surface area contributed by atoms with Crippen LogP contribution in [-0.4, -0.2) is 19.9 Å². The zero-order valence-electron chi connectivity index (χ0n) is 17.7. The molecule has 0 saturated heterocycles. The third-order valence-corrected chi connectivity index (χ3v) is 5.89. The van der Waals surface area contributed by atoms with E-state index in [1.54, 1.807) is 12.3 Å². The van der Waals surface area contributed by atoms with Crippen molar-refractivity contribution < 1.29 is 13.2 Å². The second-order valence-electron chi connectivity index (χ2n) is 8.00. The molecule has 0 aliphatic rings. The predicted molar refractivity (Wildman–Crippen MR) is 127 cm³/mol. The molecular formula is C27H17F3N4. The summed E-state index contributed by atoms with van der Waals surface area (Å²) in [5, 5.41) is 1.69. The van der Waals surface area contributed by atoms with E-state index in [-0.39, 0.29) is 11.3 Å². The lowest BCUT2D eigenvalue weighted by molar-refractivity contribution is -0.137. The van der Waals surface area contributed by atoms with Crippen LogP contribution in [0.25, 0.3) is 55.8 Å². The van der Waals surface area contributed by atoms with Crippen molar-refractivity contribution in [3.63, 3.8) is 0 Å².